The van der Waals surface area contributed by atoms with Gasteiger partial charge in [0.2, 0.25) is 10.0 Å². The number of rotatable bonds is 7. The number of piperazine rings is 1. The Hall–Kier alpha value is -1.14. The maximum absolute atomic E-state index is 13.1. The van der Waals surface area contributed by atoms with E-state index in [1.807, 2.05) is 0 Å². The number of nitrogens with one attached hydrogen (secondary N) is 1. The Balaban J connectivity index is 0.00000392. The van der Waals surface area contributed by atoms with Crippen molar-refractivity contribution >= 4 is 45.6 Å². The molecule has 0 saturated carbocycles. The second kappa shape index (κ2) is 11.8. The van der Waals surface area contributed by atoms with Crippen molar-refractivity contribution in [1.82, 2.24) is 14.5 Å². The van der Waals surface area contributed by atoms with Crippen LogP contribution in [0.3, 0.4) is 0 Å². The van der Waals surface area contributed by atoms with E-state index >= 15 is 0 Å². The van der Waals surface area contributed by atoms with Crippen LogP contribution in [0.5, 0.6) is 0 Å². The quantitative estimate of drug-likeness (QED) is 0.254. The van der Waals surface area contributed by atoms with E-state index < -0.39 is 10.0 Å². The van der Waals surface area contributed by atoms with Gasteiger partial charge in [-0.05, 0) is 37.6 Å². The third-order valence-corrected chi connectivity index (χ3v) is 6.62. The molecule has 1 aliphatic rings. The Bertz CT molecular complexity index is 722. The average molecular weight is 527 g/mol. The van der Waals surface area contributed by atoms with E-state index in [0.29, 0.717) is 19.5 Å². The average Bonchev–Trinajstić information content (AvgIpc) is 2.68. The minimum Gasteiger partial charge on any atom is -0.368 e. The molecule has 0 unspecified atom stereocenters. The number of nitrogens with zero attached hydrogens (tertiary/aromatic N) is 4. The van der Waals surface area contributed by atoms with Crippen LogP contribution >= 0.6 is 24.0 Å². The molecule has 10 heteroatoms. The fourth-order valence-corrected chi connectivity index (χ4v) is 3.87. The Labute approximate surface area is 185 Å². The largest absolute Gasteiger partial charge is 0.368 e. The molecular weight excluding hydrogens is 496 g/mol. The molecule has 0 aliphatic carbocycles. The van der Waals surface area contributed by atoms with Crippen molar-refractivity contribution in [2.45, 2.75) is 13.3 Å². The lowest BCUT2D eigenvalue weighted by Crippen LogP contribution is -2.52. The molecule has 0 amide bonds. The van der Waals surface area contributed by atoms with Crippen molar-refractivity contribution in [3.8, 4) is 0 Å². The Kier molecular flexibility index (Phi) is 10.5. The number of hydrogen-bond acceptors (Lipinski definition) is 4. The molecule has 7 nitrogen and oxygen atoms in total. The minimum absolute atomic E-state index is 0. The van der Waals surface area contributed by atoms with Gasteiger partial charge in [0.25, 0.3) is 0 Å². The second-order valence-corrected chi connectivity index (χ2v) is 8.86. The number of sulfonamides is 1. The van der Waals surface area contributed by atoms with Gasteiger partial charge in [-0.1, -0.05) is 0 Å². The zero-order valence-electron chi connectivity index (χ0n) is 16.8. The van der Waals surface area contributed by atoms with Crippen LogP contribution in [0, 0.1) is 5.82 Å². The molecule has 1 aliphatic heterocycles. The van der Waals surface area contributed by atoms with E-state index in [1.165, 1.54) is 16.4 Å². The molecule has 2 rings (SSSR count). The van der Waals surface area contributed by atoms with Gasteiger partial charge in [-0.25, -0.2) is 17.1 Å². The van der Waals surface area contributed by atoms with Gasteiger partial charge in [-0.2, -0.15) is 0 Å². The summed E-state index contributed by atoms with van der Waals surface area (Å²) in [5.41, 5.74) is 1.03. The first-order chi connectivity index (χ1) is 12.9. The molecule has 1 heterocycles. The summed E-state index contributed by atoms with van der Waals surface area (Å²) in [6, 6.07) is 6.58. The highest BCUT2D eigenvalue weighted by molar-refractivity contribution is 14.0. The number of guanidine groups is 1. The van der Waals surface area contributed by atoms with E-state index in [-0.39, 0.29) is 35.5 Å². The van der Waals surface area contributed by atoms with Crippen molar-refractivity contribution in [3.63, 3.8) is 0 Å². The standard InChI is InChI=1S/C18H30FN5O2S.HI/c1-4-27(25,26)22(3)11-5-10-21-18(20-2)24-14-12-23(13-15-24)17-8-6-16(19)7-9-17;/h6-9H,4-5,10-15H2,1-3H3,(H,20,21);1H. The molecule has 1 aromatic carbocycles. The lowest BCUT2D eigenvalue weighted by Gasteiger charge is -2.37. The molecule has 1 N–H and O–H groups in total. The molecule has 0 aromatic heterocycles. The van der Waals surface area contributed by atoms with E-state index in [1.54, 1.807) is 33.2 Å². The summed E-state index contributed by atoms with van der Waals surface area (Å²) in [6.07, 6.45) is 0.713. The topological polar surface area (TPSA) is 68.2 Å². The molecule has 0 atom stereocenters. The first-order valence-corrected chi connectivity index (χ1v) is 10.9. The Morgan fingerprint density at radius 3 is 2.36 bits per heavy atom. The molecule has 1 saturated heterocycles. The first kappa shape index (κ1) is 24.9. The highest BCUT2D eigenvalue weighted by atomic mass is 127. The van der Waals surface area contributed by atoms with Crippen molar-refractivity contribution in [2.24, 2.45) is 4.99 Å². The molecule has 0 radical (unpaired) electrons. The summed E-state index contributed by atoms with van der Waals surface area (Å²) in [7, 11) is 0.241. The van der Waals surface area contributed by atoms with Gasteiger partial charge in [-0.15, -0.1) is 24.0 Å². The SMILES string of the molecule is CCS(=O)(=O)N(C)CCCNC(=NC)N1CCN(c2ccc(F)cc2)CC1.I. The zero-order valence-corrected chi connectivity index (χ0v) is 19.9. The molecule has 1 fully saturated rings. The maximum atomic E-state index is 13.1. The van der Waals surface area contributed by atoms with E-state index in [2.05, 4.69) is 20.1 Å². The predicted molar refractivity (Wildman–Crippen MR) is 124 cm³/mol. The summed E-state index contributed by atoms with van der Waals surface area (Å²) in [5.74, 6) is 0.728. The lowest BCUT2D eigenvalue weighted by molar-refractivity contribution is 0.371. The van der Waals surface area contributed by atoms with Crippen LogP contribution in [-0.2, 0) is 10.0 Å². The van der Waals surface area contributed by atoms with Gasteiger partial charge in [0.1, 0.15) is 5.82 Å². The van der Waals surface area contributed by atoms with Crippen LogP contribution in [0.15, 0.2) is 29.3 Å². The van der Waals surface area contributed by atoms with Crippen LogP contribution in [0.25, 0.3) is 0 Å². The highest BCUT2D eigenvalue weighted by Crippen LogP contribution is 2.16. The number of hydrogen-bond donors (Lipinski definition) is 1. The van der Waals surface area contributed by atoms with Gasteiger partial charge in [0.05, 0.1) is 5.75 Å². The van der Waals surface area contributed by atoms with Crippen LogP contribution in [0.1, 0.15) is 13.3 Å². The molecule has 0 spiro atoms. The molecular formula is C18H31FIN5O2S. The summed E-state index contributed by atoms with van der Waals surface area (Å²) in [6.45, 7) is 6.11. The number of anilines is 1. The van der Waals surface area contributed by atoms with Gasteiger partial charge in [0, 0.05) is 59.1 Å². The van der Waals surface area contributed by atoms with Crippen LogP contribution in [0.4, 0.5) is 10.1 Å². The Morgan fingerprint density at radius 2 is 1.82 bits per heavy atom. The second-order valence-electron chi connectivity index (χ2n) is 6.50. The number of benzene rings is 1. The van der Waals surface area contributed by atoms with Crippen LogP contribution in [-0.4, -0.2) is 82.7 Å². The van der Waals surface area contributed by atoms with Crippen molar-refractivity contribution in [2.75, 3.05) is 64.0 Å². The third-order valence-electron chi connectivity index (χ3n) is 4.76. The van der Waals surface area contributed by atoms with Crippen LogP contribution in [0.2, 0.25) is 0 Å². The molecule has 0 bridgehead atoms. The molecule has 28 heavy (non-hydrogen) atoms. The summed E-state index contributed by atoms with van der Waals surface area (Å²) < 4.78 is 38.0. The van der Waals surface area contributed by atoms with Crippen molar-refractivity contribution < 1.29 is 12.8 Å². The summed E-state index contributed by atoms with van der Waals surface area (Å²) >= 11 is 0. The van der Waals surface area contributed by atoms with E-state index in [9.17, 15) is 12.8 Å². The van der Waals surface area contributed by atoms with Gasteiger partial charge in [0.15, 0.2) is 5.96 Å². The van der Waals surface area contributed by atoms with Gasteiger partial charge >= 0.3 is 0 Å². The van der Waals surface area contributed by atoms with Gasteiger partial charge < -0.3 is 15.1 Å². The molecule has 1 aromatic rings. The van der Waals surface area contributed by atoms with E-state index in [0.717, 1.165) is 37.8 Å². The fraction of sp³-hybridized carbons (Fsp3) is 0.611. The predicted octanol–water partition coefficient (Wildman–Crippen LogP) is 1.81. The number of halogens is 2. The van der Waals surface area contributed by atoms with E-state index in [4.69, 9.17) is 0 Å². The Morgan fingerprint density at radius 1 is 1.21 bits per heavy atom. The number of aliphatic imine (C=N–C) groups is 1. The van der Waals surface area contributed by atoms with Crippen molar-refractivity contribution in [3.05, 3.63) is 30.1 Å². The summed E-state index contributed by atoms with van der Waals surface area (Å²) in [5, 5.41) is 3.31. The smallest absolute Gasteiger partial charge is 0.213 e. The molecule has 160 valence electrons. The van der Waals surface area contributed by atoms with Gasteiger partial charge in [-0.3, -0.25) is 4.99 Å². The normalized spacial score (nSPS) is 15.5. The van der Waals surface area contributed by atoms with Crippen molar-refractivity contribution in [1.29, 1.82) is 0 Å². The fourth-order valence-electron chi connectivity index (χ4n) is 3.02. The lowest BCUT2D eigenvalue weighted by atomic mass is 10.2. The zero-order chi connectivity index (χ0) is 19.9. The third kappa shape index (κ3) is 7.03. The minimum atomic E-state index is -3.12. The highest BCUT2D eigenvalue weighted by Gasteiger charge is 2.20. The summed E-state index contributed by atoms with van der Waals surface area (Å²) in [4.78, 5) is 8.75. The first-order valence-electron chi connectivity index (χ1n) is 9.27. The van der Waals surface area contributed by atoms with Crippen LogP contribution < -0.4 is 10.2 Å². The monoisotopic (exact) mass is 527 g/mol. The maximum Gasteiger partial charge on any atom is 0.213 e.